The Kier molecular flexibility index (Phi) is 4.25. The van der Waals surface area contributed by atoms with Crippen LogP contribution in [0.3, 0.4) is 0 Å². The molecular weight excluding hydrogens is 271 g/mol. The minimum atomic E-state index is -0.334. The van der Waals surface area contributed by atoms with Gasteiger partial charge in [0.1, 0.15) is 11.6 Å². The monoisotopic (exact) mass is 288 g/mol. The molecule has 3 rings (SSSR count). The van der Waals surface area contributed by atoms with Crippen molar-refractivity contribution in [2.75, 3.05) is 23.8 Å². The SMILES string of the molecule is Fc1ccccc1Nc1nccc(NCC2CCCO2)n1. The van der Waals surface area contributed by atoms with Crippen LogP contribution in [0.4, 0.5) is 21.8 Å². The summed E-state index contributed by atoms with van der Waals surface area (Å²) in [6.07, 6.45) is 4.05. The number of hydrogen-bond acceptors (Lipinski definition) is 5. The second-order valence-electron chi connectivity index (χ2n) is 4.89. The van der Waals surface area contributed by atoms with Crippen LogP contribution in [0.5, 0.6) is 0 Å². The minimum absolute atomic E-state index is 0.239. The quantitative estimate of drug-likeness (QED) is 0.886. The summed E-state index contributed by atoms with van der Waals surface area (Å²) < 4.78 is 19.1. The Hall–Kier alpha value is -2.21. The van der Waals surface area contributed by atoms with Crippen molar-refractivity contribution in [3.63, 3.8) is 0 Å². The molecular formula is C15H17FN4O. The molecule has 6 heteroatoms. The highest BCUT2D eigenvalue weighted by atomic mass is 19.1. The molecule has 0 saturated carbocycles. The Labute approximate surface area is 122 Å². The Morgan fingerprint density at radius 1 is 1.29 bits per heavy atom. The Balaban J connectivity index is 1.64. The van der Waals surface area contributed by atoms with Gasteiger partial charge in [0.15, 0.2) is 0 Å². The largest absolute Gasteiger partial charge is 0.376 e. The lowest BCUT2D eigenvalue weighted by Crippen LogP contribution is -2.19. The van der Waals surface area contributed by atoms with Crippen LogP contribution in [0.25, 0.3) is 0 Å². The molecule has 1 aliphatic heterocycles. The number of ether oxygens (including phenoxy) is 1. The van der Waals surface area contributed by atoms with Gasteiger partial charge in [-0.2, -0.15) is 4.98 Å². The highest BCUT2D eigenvalue weighted by Gasteiger charge is 2.15. The fourth-order valence-corrected chi connectivity index (χ4v) is 2.22. The van der Waals surface area contributed by atoms with Crippen molar-refractivity contribution in [3.8, 4) is 0 Å². The molecule has 1 saturated heterocycles. The summed E-state index contributed by atoms with van der Waals surface area (Å²) >= 11 is 0. The predicted molar refractivity (Wildman–Crippen MR) is 79.2 cm³/mol. The van der Waals surface area contributed by atoms with E-state index in [1.165, 1.54) is 6.07 Å². The van der Waals surface area contributed by atoms with E-state index in [2.05, 4.69) is 20.6 Å². The van der Waals surface area contributed by atoms with E-state index in [1.54, 1.807) is 30.5 Å². The average molecular weight is 288 g/mol. The summed E-state index contributed by atoms with van der Waals surface area (Å²) in [5.74, 6) is 0.718. The first-order valence-corrected chi connectivity index (χ1v) is 7.01. The van der Waals surface area contributed by atoms with Gasteiger partial charge in [0.05, 0.1) is 11.8 Å². The molecule has 21 heavy (non-hydrogen) atoms. The van der Waals surface area contributed by atoms with Crippen molar-refractivity contribution < 1.29 is 9.13 Å². The van der Waals surface area contributed by atoms with Gasteiger partial charge in [-0.1, -0.05) is 12.1 Å². The Morgan fingerprint density at radius 3 is 3.00 bits per heavy atom. The molecule has 1 unspecified atom stereocenters. The maximum absolute atomic E-state index is 13.6. The molecule has 1 atom stereocenters. The van der Waals surface area contributed by atoms with E-state index in [-0.39, 0.29) is 11.9 Å². The average Bonchev–Trinajstić information content (AvgIpc) is 3.01. The summed E-state index contributed by atoms with van der Waals surface area (Å²) in [6, 6.07) is 8.21. The van der Waals surface area contributed by atoms with Crippen molar-refractivity contribution in [2.45, 2.75) is 18.9 Å². The Bertz CT molecular complexity index is 602. The van der Waals surface area contributed by atoms with E-state index in [4.69, 9.17) is 4.74 Å². The number of benzene rings is 1. The summed E-state index contributed by atoms with van der Waals surface area (Å²) in [6.45, 7) is 1.55. The van der Waals surface area contributed by atoms with E-state index >= 15 is 0 Å². The molecule has 0 spiro atoms. The van der Waals surface area contributed by atoms with E-state index in [1.807, 2.05) is 0 Å². The van der Waals surface area contributed by atoms with Crippen LogP contribution >= 0.6 is 0 Å². The minimum Gasteiger partial charge on any atom is -0.376 e. The summed E-state index contributed by atoms with van der Waals surface area (Å²) in [7, 11) is 0. The number of nitrogens with one attached hydrogen (secondary N) is 2. The van der Waals surface area contributed by atoms with Crippen LogP contribution in [-0.4, -0.2) is 29.2 Å². The van der Waals surface area contributed by atoms with Gasteiger partial charge in [-0.15, -0.1) is 0 Å². The number of rotatable bonds is 5. The first kappa shape index (κ1) is 13.8. The van der Waals surface area contributed by atoms with Crippen LogP contribution < -0.4 is 10.6 Å². The molecule has 110 valence electrons. The van der Waals surface area contributed by atoms with Crippen LogP contribution in [0.2, 0.25) is 0 Å². The lowest BCUT2D eigenvalue weighted by atomic mass is 10.2. The van der Waals surface area contributed by atoms with Crippen molar-refractivity contribution in [1.82, 2.24) is 9.97 Å². The summed E-state index contributed by atoms with van der Waals surface area (Å²) in [5, 5.41) is 6.09. The molecule has 5 nitrogen and oxygen atoms in total. The van der Waals surface area contributed by atoms with E-state index in [9.17, 15) is 4.39 Å². The van der Waals surface area contributed by atoms with Crippen LogP contribution in [0.15, 0.2) is 36.5 Å². The fourth-order valence-electron chi connectivity index (χ4n) is 2.22. The van der Waals surface area contributed by atoms with E-state index < -0.39 is 0 Å². The number of halogens is 1. The first-order chi connectivity index (χ1) is 10.3. The van der Waals surface area contributed by atoms with Crippen LogP contribution in [-0.2, 0) is 4.74 Å². The van der Waals surface area contributed by atoms with Gasteiger partial charge in [0.25, 0.3) is 0 Å². The molecule has 1 aromatic carbocycles. The van der Waals surface area contributed by atoms with Gasteiger partial charge >= 0.3 is 0 Å². The second kappa shape index (κ2) is 6.49. The van der Waals surface area contributed by atoms with Gasteiger partial charge in [-0.3, -0.25) is 0 Å². The van der Waals surface area contributed by atoms with Crippen molar-refractivity contribution >= 4 is 17.5 Å². The van der Waals surface area contributed by atoms with E-state index in [0.29, 0.717) is 17.5 Å². The molecule has 2 heterocycles. The molecule has 1 aliphatic rings. The molecule has 2 N–H and O–H groups in total. The van der Waals surface area contributed by atoms with E-state index in [0.717, 1.165) is 26.0 Å². The molecule has 0 bridgehead atoms. The predicted octanol–water partition coefficient (Wildman–Crippen LogP) is 2.95. The zero-order valence-electron chi connectivity index (χ0n) is 11.6. The van der Waals surface area contributed by atoms with Crippen molar-refractivity contribution in [3.05, 3.63) is 42.3 Å². The topological polar surface area (TPSA) is 59.1 Å². The normalized spacial score (nSPS) is 17.7. The fraction of sp³-hybridized carbons (Fsp3) is 0.333. The molecule has 0 aliphatic carbocycles. The number of aromatic nitrogens is 2. The smallest absolute Gasteiger partial charge is 0.229 e. The highest BCUT2D eigenvalue weighted by Crippen LogP contribution is 2.18. The van der Waals surface area contributed by atoms with Crippen LogP contribution in [0.1, 0.15) is 12.8 Å². The second-order valence-corrected chi connectivity index (χ2v) is 4.89. The number of nitrogens with zero attached hydrogens (tertiary/aromatic N) is 2. The third kappa shape index (κ3) is 3.66. The zero-order chi connectivity index (χ0) is 14.5. The maximum Gasteiger partial charge on any atom is 0.229 e. The molecule has 0 radical (unpaired) electrons. The van der Waals surface area contributed by atoms with Crippen LogP contribution in [0, 0.1) is 5.82 Å². The lowest BCUT2D eigenvalue weighted by Gasteiger charge is -2.12. The third-order valence-corrected chi connectivity index (χ3v) is 3.31. The number of para-hydroxylation sites is 1. The summed E-state index contributed by atoms with van der Waals surface area (Å²) in [5.41, 5.74) is 0.355. The summed E-state index contributed by atoms with van der Waals surface area (Å²) in [4.78, 5) is 8.41. The van der Waals surface area contributed by atoms with Gasteiger partial charge < -0.3 is 15.4 Å². The van der Waals surface area contributed by atoms with Gasteiger partial charge in [0, 0.05) is 19.3 Å². The van der Waals surface area contributed by atoms with Crippen molar-refractivity contribution in [2.24, 2.45) is 0 Å². The number of anilines is 3. The number of hydrogen-bond donors (Lipinski definition) is 2. The zero-order valence-corrected chi connectivity index (χ0v) is 11.6. The molecule has 2 aromatic rings. The third-order valence-electron chi connectivity index (χ3n) is 3.31. The molecule has 1 fully saturated rings. The standard InChI is InChI=1S/C15H17FN4O/c16-12-5-1-2-6-13(12)19-15-17-8-7-14(20-15)18-10-11-4-3-9-21-11/h1-2,5-8,11H,3-4,9-10H2,(H2,17,18,19,20). The maximum atomic E-state index is 13.6. The lowest BCUT2D eigenvalue weighted by molar-refractivity contribution is 0.120. The van der Waals surface area contributed by atoms with Gasteiger partial charge in [-0.05, 0) is 31.0 Å². The van der Waals surface area contributed by atoms with Gasteiger partial charge in [0.2, 0.25) is 5.95 Å². The molecule has 0 amide bonds. The molecule has 1 aromatic heterocycles. The van der Waals surface area contributed by atoms with Crippen molar-refractivity contribution in [1.29, 1.82) is 0 Å². The first-order valence-electron chi connectivity index (χ1n) is 7.01. The Morgan fingerprint density at radius 2 is 2.19 bits per heavy atom. The highest BCUT2D eigenvalue weighted by molar-refractivity contribution is 5.55. The van der Waals surface area contributed by atoms with Gasteiger partial charge in [-0.25, -0.2) is 9.37 Å².